The lowest BCUT2D eigenvalue weighted by Gasteiger charge is -2.09. The van der Waals surface area contributed by atoms with E-state index in [0.717, 1.165) is 12.3 Å². The Morgan fingerprint density at radius 2 is 2.07 bits per heavy atom. The van der Waals surface area contributed by atoms with Crippen LogP contribution in [-0.2, 0) is 9.63 Å². The van der Waals surface area contributed by atoms with Crippen LogP contribution in [0.3, 0.4) is 0 Å². The first-order valence-corrected chi connectivity index (χ1v) is 4.57. The summed E-state index contributed by atoms with van der Waals surface area (Å²) >= 11 is 0. The predicted molar refractivity (Wildman–Crippen MR) is 56.3 cm³/mol. The fraction of sp³-hybridized carbons (Fsp3) is 0.778. The Bertz CT molecular complexity index is 198. The smallest absolute Gasteiger partial charge is 0.260 e. The maximum absolute atomic E-state index is 11.1. The van der Waals surface area contributed by atoms with Gasteiger partial charge in [0.2, 0.25) is 0 Å². The molecule has 82 valence electrons. The summed E-state index contributed by atoms with van der Waals surface area (Å²) in [4.78, 5) is 17.9. The van der Waals surface area contributed by atoms with Crippen LogP contribution in [0.2, 0.25) is 0 Å². The van der Waals surface area contributed by atoms with E-state index in [4.69, 9.17) is 4.84 Å². The van der Waals surface area contributed by atoms with Gasteiger partial charge >= 0.3 is 0 Å². The summed E-state index contributed by atoms with van der Waals surface area (Å²) in [6.07, 6.45) is 0. The van der Waals surface area contributed by atoms with Gasteiger partial charge in [0.25, 0.3) is 5.91 Å². The third kappa shape index (κ3) is 8.99. The summed E-state index contributed by atoms with van der Waals surface area (Å²) in [7, 11) is 3.90. The molecular formula is C9H19N3O2. The summed E-state index contributed by atoms with van der Waals surface area (Å²) in [5.74, 6) is -0.142. The van der Waals surface area contributed by atoms with Crippen LogP contribution in [-0.4, -0.2) is 50.3 Å². The lowest BCUT2D eigenvalue weighted by Crippen LogP contribution is -2.33. The third-order valence-electron chi connectivity index (χ3n) is 1.32. The van der Waals surface area contributed by atoms with Crippen molar-refractivity contribution in [2.24, 2.45) is 5.16 Å². The summed E-state index contributed by atoms with van der Waals surface area (Å²) in [6, 6.07) is 0. The monoisotopic (exact) mass is 201 g/mol. The molecule has 5 heteroatoms. The molecule has 0 saturated carbocycles. The Balaban J connectivity index is 3.42. The molecule has 14 heavy (non-hydrogen) atoms. The number of oxime groups is 1. The SMILES string of the molecule is CC(C)=NOCC(=O)NCCN(C)C. The van der Waals surface area contributed by atoms with Crippen LogP contribution in [0.1, 0.15) is 13.8 Å². The molecule has 1 N–H and O–H groups in total. The Morgan fingerprint density at radius 3 is 2.57 bits per heavy atom. The first-order chi connectivity index (χ1) is 6.52. The molecule has 0 heterocycles. The number of hydrogen-bond donors (Lipinski definition) is 1. The first kappa shape index (κ1) is 12.9. The van der Waals surface area contributed by atoms with Gasteiger partial charge in [-0.15, -0.1) is 0 Å². The number of amides is 1. The highest BCUT2D eigenvalue weighted by Gasteiger charge is 2.00. The van der Waals surface area contributed by atoms with Gasteiger partial charge in [-0.3, -0.25) is 4.79 Å². The quantitative estimate of drug-likeness (QED) is 0.489. The highest BCUT2D eigenvalue weighted by molar-refractivity contribution is 5.79. The minimum atomic E-state index is -0.142. The number of nitrogens with one attached hydrogen (secondary N) is 1. The van der Waals surface area contributed by atoms with Crippen molar-refractivity contribution in [3.05, 3.63) is 0 Å². The predicted octanol–water partition coefficient (Wildman–Crippen LogP) is 0.0766. The van der Waals surface area contributed by atoms with Gasteiger partial charge in [-0.2, -0.15) is 0 Å². The second-order valence-corrected chi connectivity index (χ2v) is 3.47. The van der Waals surface area contributed by atoms with E-state index in [1.54, 1.807) is 0 Å². The standard InChI is InChI=1S/C9H19N3O2/c1-8(2)11-14-7-9(13)10-5-6-12(3)4/h5-7H2,1-4H3,(H,10,13). The van der Waals surface area contributed by atoms with Gasteiger partial charge in [0.05, 0.1) is 5.71 Å². The Morgan fingerprint density at radius 1 is 1.43 bits per heavy atom. The van der Waals surface area contributed by atoms with Gasteiger partial charge in [0.15, 0.2) is 6.61 Å². The molecule has 0 bridgehead atoms. The third-order valence-corrected chi connectivity index (χ3v) is 1.32. The van der Waals surface area contributed by atoms with Crippen LogP contribution < -0.4 is 5.32 Å². The molecule has 0 aromatic carbocycles. The molecule has 0 aromatic heterocycles. The molecule has 1 amide bonds. The molecule has 0 spiro atoms. The number of hydrogen-bond acceptors (Lipinski definition) is 4. The number of nitrogens with zero attached hydrogens (tertiary/aromatic N) is 2. The van der Waals surface area contributed by atoms with Crippen molar-refractivity contribution in [3.63, 3.8) is 0 Å². The minimum Gasteiger partial charge on any atom is -0.386 e. The van der Waals surface area contributed by atoms with Crippen molar-refractivity contribution >= 4 is 11.6 Å². The van der Waals surface area contributed by atoms with Gasteiger partial charge in [0.1, 0.15) is 0 Å². The minimum absolute atomic E-state index is 0.0153. The Kier molecular flexibility index (Phi) is 6.74. The maximum Gasteiger partial charge on any atom is 0.260 e. The summed E-state index contributed by atoms with van der Waals surface area (Å²) < 4.78 is 0. The molecule has 0 aliphatic heterocycles. The Hall–Kier alpha value is -1.10. The van der Waals surface area contributed by atoms with Crippen molar-refractivity contribution in [2.75, 3.05) is 33.8 Å². The number of likely N-dealkylation sites (N-methyl/N-ethyl adjacent to an activating group) is 1. The molecule has 0 fully saturated rings. The molecule has 5 nitrogen and oxygen atoms in total. The lowest BCUT2D eigenvalue weighted by atomic mass is 10.5. The second-order valence-electron chi connectivity index (χ2n) is 3.47. The van der Waals surface area contributed by atoms with Gasteiger partial charge in [-0.1, -0.05) is 5.16 Å². The van der Waals surface area contributed by atoms with Crippen LogP contribution in [0, 0.1) is 0 Å². The van der Waals surface area contributed by atoms with Crippen molar-refractivity contribution in [1.29, 1.82) is 0 Å². The molecule has 0 unspecified atom stereocenters. The van der Waals surface area contributed by atoms with Crippen molar-refractivity contribution in [1.82, 2.24) is 10.2 Å². The number of carbonyl (C=O) groups is 1. The van der Waals surface area contributed by atoms with Crippen molar-refractivity contribution in [2.45, 2.75) is 13.8 Å². The fourth-order valence-corrected chi connectivity index (χ4v) is 0.690. The van der Waals surface area contributed by atoms with Gasteiger partial charge in [0, 0.05) is 13.1 Å². The second kappa shape index (κ2) is 7.32. The highest BCUT2D eigenvalue weighted by Crippen LogP contribution is 1.80. The van der Waals surface area contributed by atoms with E-state index in [9.17, 15) is 4.79 Å². The molecule has 0 radical (unpaired) electrons. The molecule has 0 aliphatic rings. The van der Waals surface area contributed by atoms with Crippen molar-refractivity contribution in [3.8, 4) is 0 Å². The van der Waals surface area contributed by atoms with Gasteiger partial charge in [-0.05, 0) is 27.9 Å². The lowest BCUT2D eigenvalue weighted by molar-refractivity contribution is -0.125. The van der Waals surface area contributed by atoms with E-state index in [-0.39, 0.29) is 12.5 Å². The average Bonchev–Trinajstić information content (AvgIpc) is 2.02. The van der Waals surface area contributed by atoms with Crippen LogP contribution >= 0.6 is 0 Å². The van der Waals surface area contributed by atoms with Crippen LogP contribution in [0.15, 0.2) is 5.16 Å². The largest absolute Gasteiger partial charge is 0.386 e. The van der Waals surface area contributed by atoms with E-state index in [1.807, 2.05) is 32.8 Å². The van der Waals surface area contributed by atoms with Crippen LogP contribution in [0.4, 0.5) is 0 Å². The van der Waals surface area contributed by atoms with E-state index in [0.29, 0.717) is 6.54 Å². The summed E-state index contributed by atoms with van der Waals surface area (Å²) in [5, 5.41) is 6.37. The summed E-state index contributed by atoms with van der Waals surface area (Å²) in [6.45, 7) is 5.05. The van der Waals surface area contributed by atoms with E-state index in [2.05, 4.69) is 10.5 Å². The zero-order valence-electron chi connectivity index (χ0n) is 9.33. The normalized spacial score (nSPS) is 9.79. The van der Waals surface area contributed by atoms with Gasteiger partial charge in [-0.25, -0.2) is 0 Å². The van der Waals surface area contributed by atoms with E-state index < -0.39 is 0 Å². The van der Waals surface area contributed by atoms with Crippen molar-refractivity contribution < 1.29 is 9.63 Å². The summed E-state index contributed by atoms with van der Waals surface area (Å²) in [5.41, 5.74) is 0.797. The van der Waals surface area contributed by atoms with Crippen LogP contribution in [0.25, 0.3) is 0 Å². The van der Waals surface area contributed by atoms with Crippen LogP contribution in [0.5, 0.6) is 0 Å². The topological polar surface area (TPSA) is 53.9 Å². The molecule has 0 saturated heterocycles. The number of rotatable bonds is 6. The molecule has 0 atom stereocenters. The Labute approximate surface area is 85.1 Å². The van der Waals surface area contributed by atoms with Gasteiger partial charge < -0.3 is 15.1 Å². The molecule has 0 rings (SSSR count). The highest BCUT2D eigenvalue weighted by atomic mass is 16.6. The molecule has 0 aliphatic carbocycles. The molecule has 0 aromatic rings. The number of carbonyl (C=O) groups excluding carboxylic acids is 1. The zero-order valence-corrected chi connectivity index (χ0v) is 9.33. The van der Waals surface area contributed by atoms with E-state index >= 15 is 0 Å². The van der Waals surface area contributed by atoms with E-state index in [1.165, 1.54) is 0 Å². The first-order valence-electron chi connectivity index (χ1n) is 4.57. The average molecular weight is 201 g/mol. The molecular weight excluding hydrogens is 182 g/mol. The maximum atomic E-state index is 11.1. The zero-order chi connectivity index (χ0) is 11.0. The fourth-order valence-electron chi connectivity index (χ4n) is 0.690.